The van der Waals surface area contributed by atoms with Gasteiger partial charge in [0.25, 0.3) is 5.91 Å². The van der Waals surface area contributed by atoms with E-state index in [2.05, 4.69) is 5.32 Å². The molecule has 0 bridgehead atoms. The number of methoxy groups -OCH3 is 1. The molecule has 0 saturated carbocycles. The lowest BCUT2D eigenvalue weighted by Gasteiger charge is -2.08. The van der Waals surface area contributed by atoms with Gasteiger partial charge in [0.1, 0.15) is 0 Å². The second kappa shape index (κ2) is 8.34. The van der Waals surface area contributed by atoms with Crippen LogP contribution in [0, 0.1) is 10.1 Å². The van der Waals surface area contributed by atoms with Crippen LogP contribution >= 0.6 is 11.6 Å². The molecule has 0 aromatic heterocycles. The van der Waals surface area contributed by atoms with Crippen molar-refractivity contribution in [3.8, 4) is 5.75 Å². The Morgan fingerprint density at radius 2 is 2.25 bits per heavy atom. The van der Waals surface area contributed by atoms with Crippen LogP contribution in [0.1, 0.15) is 6.42 Å². The molecule has 1 N–H and O–H groups in total. The molecule has 0 aliphatic carbocycles. The van der Waals surface area contributed by atoms with Crippen LogP contribution in [0.4, 0.5) is 5.69 Å². The highest BCUT2D eigenvalue weighted by Crippen LogP contribution is 2.29. The predicted molar refractivity (Wildman–Crippen MR) is 73.1 cm³/mol. The van der Waals surface area contributed by atoms with Crippen molar-refractivity contribution in [3.05, 3.63) is 33.3 Å². The maximum atomic E-state index is 11.5. The van der Waals surface area contributed by atoms with Crippen molar-refractivity contribution in [2.24, 2.45) is 0 Å². The molecule has 0 spiro atoms. The van der Waals surface area contributed by atoms with Gasteiger partial charge in [0.05, 0.1) is 4.92 Å². The van der Waals surface area contributed by atoms with Crippen molar-refractivity contribution in [3.63, 3.8) is 0 Å². The number of halogens is 1. The first kappa shape index (κ1) is 16.2. The third-order valence-corrected chi connectivity index (χ3v) is 2.56. The number of carbonyl (C=O) groups excluding carboxylic acids is 1. The minimum atomic E-state index is -0.595. The summed E-state index contributed by atoms with van der Waals surface area (Å²) in [5.74, 6) is -0.398. The van der Waals surface area contributed by atoms with Gasteiger partial charge in [-0.2, -0.15) is 0 Å². The van der Waals surface area contributed by atoms with Gasteiger partial charge in [0.2, 0.25) is 0 Å². The van der Waals surface area contributed by atoms with E-state index < -0.39 is 4.92 Å². The molecule has 0 unspecified atom stereocenters. The fourth-order valence-corrected chi connectivity index (χ4v) is 1.56. The van der Waals surface area contributed by atoms with Crippen LogP contribution < -0.4 is 10.1 Å². The molecule has 1 aromatic rings. The number of nitrogens with one attached hydrogen (secondary N) is 1. The molecule has 0 fully saturated rings. The fraction of sp³-hybridized carbons (Fsp3) is 0.417. The average Bonchev–Trinajstić information content (AvgIpc) is 2.41. The van der Waals surface area contributed by atoms with Gasteiger partial charge in [-0.15, -0.1) is 0 Å². The van der Waals surface area contributed by atoms with E-state index >= 15 is 0 Å². The Bertz CT molecular complexity index is 481. The summed E-state index contributed by atoms with van der Waals surface area (Å²) in [6, 6.07) is 3.92. The molecule has 1 aromatic carbocycles. The summed E-state index contributed by atoms with van der Waals surface area (Å²) in [5.41, 5.74) is -0.235. The summed E-state index contributed by atoms with van der Waals surface area (Å²) >= 11 is 5.74. The van der Waals surface area contributed by atoms with Crippen LogP contribution in [0.3, 0.4) is 0 Å². The zero-order valence-corrected chi connectivity index (χ0v) is 11.7. The number of benzene rings is 1. The minimum absolute atomic E-state index is 0.0328. The zero-order valence-electron chi connectivity index (χ0n) is 10.9. The lowest BCUT2D eigenvalue weighted by molar-refractivity contribution is -0.385. The molecule has 110 valence electrons. The Morgan fingerprint density at radius 1 is 1.50 bits per heavy atom. The highest BCUT2D eigenvalue weighted by atomic mass is 35.5. The van der Waals surface area contributed by atoms with E-state index in [4.69, 9.17) is 21.1 Å². The first-order chi connectivity index (χ1) is 9.54. The van der Waals surface area contributed by atoms with Crippen molar-refractivity contribution in [1.82, 2.24) is 5.32 Å². The van der Waals surface area contributed by atoms with E-state index in [1.165, 1.54) is 18.2 Å². The first-order valence-electron chi connectivity index (χ1n) is 5.87. The number of nitro groups is 1. The SMILES string of the molecule is COCCCNC(=O)COc1cc(Cl)ccc1[N+](=O)[O-]. The van der Waals surface area contributed by atoms with E-state index in [1.54, 1.807) is 7.11 Å². The van der Waals surface area contributed by atoms with Gasteiger partial charge in [-0.05, 0) is 12.5 Å². The zero-order chi connectivity index (χ0) is 15.0. The van der Waals surface area contributed by atoms with Crippen LogP contribution in [0.5, 0.6) is 5.75 Å². The summed E-state index contributed by atoms with van der Waals surface area (Å²) in [6.45, 7) is 0.683. The topological polar surface area (TPSA) is 90.7 Å². The molecule has 0 aliphatic rings. The number of ether oxygens (including phenoxy) is 2. The van der Waals surface area contributed by atoms with Crippen LogP contribution in [0.2, 0.25) is 5.02 Å². The quantitative estimate of drug-likeness (QED) is 0.449. The van der Waals surface area contributed by atoms with Crippen LogP contribution in [0.15, 0.2) is 18.2 Å². The Balaban J connectivity index is 2.50. The number of nitrogens with zero attached hydrogens (tertiary/aromatic N) is 1. The largest absolute Gasteiger partial charge is 0.477 e. The van der Waals surface area contributed by atoms with Crippen molar-refractivity contribution < 1.29 is 19.2 Å². The van der Waals surface area contributed by atoms with E-state index in [9.17, 15) is 14.9 Å². The summed E-state index contributed by atoms with van der Waals surface area (Å²) in [4.78, 5) is 21.7. The summed E-state index contributed by atoms with van der Waals surface area (Å²) in [7, 11) is 1.57. The van der Waals surface area contributed by atoms with Gasteiger partial charge in [0.15, 0.2) is 12.4 Å². The molecular weight excluding hydrogens is 288 g/mol. The molecule has 0 atom stereocenters. The van der Waals surface area contributed by atoms with Gasteiger partial charge in [-0.1, -0.05) is 11.6 Å². The standard InChI is InChI=1S/C12H15ClN2O5/c1-19-6-2-5-14-12(16)8-20-11-7-9(13)3-4-10(11)15(17)18/h3-4,7H,2,5-6,8H2,1H3,(H,14,16). The van der Waals surface area contributed by atoms with Gasteiger partial charge < -0.3 is 14.8 Å². The normalized spacial score (nSPS) is 10.1. The molecule has 0 radical (unpaired) electrons. The molecular formula is C12H15ClN2O5. The average molecular weight is 303 g/mol. The third-order valence-electron chi connectivity index (χ3n) is 2.32. The molecule has 0 saturated heterocycles. The van der Waals surface area contributed by atoms with Crippen molar-refractivity contribution in [1.29, 1.82) is 0 Å². The fourth-order valence-electron chi connectivity index (χ4n) is 1.39. The molecule has 7 nitrogen and oxygen atoms in total. The van der Waals surface area contributed by atoms with E-state index in [-0.39, 0.29) is 24.0 Å². The maximum Gasteiger partial charge on any atom is 0.311 e. The van der Waals surface area contributed by atoms with Crippen LogP contribution in [-0.2, 0) is 9.53 Å². The lowest BCUT2D eigenvalue weighted by atomic mass is 10.3. The van der Waals surface area contributed by atoms with Crippen LogP contribution in [0.25, 0.3) is 0 Å². The smallest absolute Gasteiger partial charge is 0.311 e. The Hall–Kier alpha value is -1.86. The Kier molecular flexibility index (Phi) is 6.75. The van der Waals surface area contributed by atoms with E-state index in [0.717, 1.165) is 0 Å². The maximum absolute atomic E-state index is 11.5. The molecule has 8 heteroatoms. The Morgan fingerprint density at radius 3 is 2.90 bits per heavy atom. The van der Waals surface area contributed by atoms with E-state index in [0.29, 0.717) is 24.6 Å². The summed E-state index contributed by atoms with van der Waals surface area (Å²) in [5, 5.41) is 13.7. The lowest BCUT2D eigenvalue weighted by Crippen LogP contribution is -2.30. The number of nitro benzene ring substituents is 1. The van der Waals surface area contributed by atoms with Gasteiger partial charge >= 0.3 is 5.69 Å². The van der Waals surface area contributed by atoms with Crippen LogP contribution in [-0.4, -0.2) is 37.7 Å². The number of hydrogen-bond acceptors (Lipinski definition) is 5. The van der Waals surface area contributed by atoms with Crippen molar-refractivity contribution in [2.45, 2.75) is 6.42 Å². The van der Waals surface area contributed by atoms with Gasteiger partial charge in [-0.3, -0.25) is 14.9 Å². The number of hydrogen-bond donors (Lipinski definition) is 1. The highest BCUT2D eigenvalue weighted by molar-refractivity contribution is 6.30. The third kappa shape index (κ3) is 5.41. The number of carbonyl (C=O) groups is 1. The van der Waals surface area contributed by atoms with Gasteiger partial charge in [-0.25, -0.2) is 0 Å². The minimum Gasteiger partial charge on any atom is -0.477 e. The number of amides is 1. The van der Waals surface area contributed by atoms with Crippen molar-refractivity contribution in [2.75, 3.05) is 26.9 Å². The second-order valence-electron chi connectivity index (χ2n) is 3.85. The molecule has 20 heavy (non-hydrogen) atoms. The molecule has 0 aliphatic heterocycles. The van der Waals surface area contributed by atoms with Crippen molar-refractivity contribution >= 4 is 23.2 Å². The monoisotopic (exact) mass is 302 g/mol. The Labute approximate surface area is 121 Å². The number of rotatable bonds is 8. The molecule has 0 heterocycles. The summed E-state index contributed by atoms with van der Waals surface area (Å²) in [6.07, 6.45) is 0.680. The van der Waals surface area contributed by atoms with E-state index in [1.807, 2.05) is 0 Å². The molecule has 1 amide bonds. The highest BCUT2D eigenvalue weighted by Gasteiger charge is 2.16. The second-order valence-corrected chi connectivity index (χ2v) is 4.29. The van der Waals surface area contributed by atoms with Gasteiger partial charge in [0, 0.05) is 37.4 Å². The predicted octanol–water partition coefficient (Wildman–Crippen LogP) is 1.78. The molecule has 1 rings (SSSR count). The summed E-state index contributed by atoms with van der Waals surface area (Å²) < 4.78 is 9.96. The first-order valence-corrected chi connectivity index (χ1v) is 6.24.